The lowest BCUT2D eigenvalue weighted by molar-refractivity contribution is -0.124. The van der Waals surface area contributed by atoms with Crippen LogP contribution in [0.25, 0.3) is 56.2 Å². The van der Waals surface area contributed by atoms with Crippen LogP contribution in [0.1, 0.15) is 491 Å². The molecule has 0 N–H and O–H groups in total. The Morgan fingerprint density at radius 3 is 0.902 bits per heavy atom. The highest BCUT2D eigenvalue weighted by Crippen LogP contribution is 2.51. The summed E-state index contributed by atoms with van der Waals surface area (Å²) in [6.07, 6.45) is 88.6. The van der Waals surface area contributed by atoms with E-state index in [2.05, 4.69) is 146 Å². The number of thiophene rings is 4. The van der Waals surface area contributed by atoms with Crippen molar-refractivity contribution in [3.8, 4) is 31.0 Å². The first-order valence-electron chi connectivity index (χ1n) is 56.2. The molecule has 2 atom stereocenters. The zero-order valence-electron chi connectivity index (χ0n) is 85.5. The van der Waals surface area contributed by atoms with Crippen molar-refractivity contribution in [2.45, 2.75) is 492 Å². The molecule has 732 valence electrons. The standard InChI is InChI=1S/C122H186N2O4S4/c1-9-15-21-27-33-39-43-49-55-61-73-101(71-59-53-47-37-31-25-19-13-5)95-127-105-82-78-99(79-83-105)69-65-67-89-123-98(8)116-117(122(123)126)118(124(121(116)125)90-68-66-70-100-80-84-106(85-81-100)128-96-102(72-60-54-48-38-32-26-20-14-6)74-62-56-50-44-40-34-28-22-16-10-2)113-88-87-112(130-113)115-94-108-104(76-64-58-52-46-42-36-30-24-18-12-4)92-109-110(120(108)132-115)91-103(75-63-57-51-45-41-35-29-23-17-11-3)107-93-114(131-119(107)109)111-86-77-97(7)129-111/h77-88,91-94,101-102H,9-76,89-90,95-96H2,1-8H3. The van der Waals surface area contributed by atoms with Crippen LogP contribution in [-0.4, -0.2) is 47.9 Å². The Bertz CT molecular complexity index is 4500. The van der Waals surface area contributed by atoms with E-state index in [-0.39, 0.29) is 11.8 Å². The molecule has 10 rings (SSSR count). The first kappa shape index (κ1) is 108. The van der Waals surface area contributed by atoms with Gasteiger partial charge in [-0.25, -0.2) is 0 Å². The van der Waals surface area contributed by atoms with Crippen molar-refractivity contribution in [1.82, 2.24) is 9.80 Å². The fourth-order valence-corrected chi connectivity index (χ4v) is 25.7. The molecule has 0 bridgehead atoms. The van der Waals surface area contributed by atoms with E-state index in [1.807, 2.05) is 50.7 Å². The monoisotopic (exact) mass is 1870 g/mol. The van der Waals surface area contributed by atoms with Crippen LogP contribution in [0.2, 0.25) is 0 Å². The molecule has 4 aromatic heterocycles. The third-order valence-corrected chi connectivity index (χ3v) is 34.4. The summed E-state index contributed by atoms with van der Waals surface area (Å²) < 4.78 is 16.2. The Hall–Kier alpha value is -5.52. The Balaban J connectivity index is 0.856. The van der Waals surface area contributed by atoms with Gasteiger partial charge in [-0.05, 0) is 221 Å². The summed E-state index contributed by atoms with van der Waals surface area (Å²) in [5.74, 6) is 3.14. The van der Waals surface area contributed by atoms with Gasteiger partial charge in [-0.2, -0.15) is 0 Å². The number of allylic oxidation sites excluding steroid dienone is 1. The SMILES string of the molecule is CCCCCCCCCCCCc1cc2c(cc(CCCCCCCCCCCC)c3cc(-c4ccc(C5=C6C(=O)N(CCCCc7ccc(OCC(CCCCCCCCCC)CCCCCCCCCCCC)cc7)C(C)=C6C(=O)N5CCCCc5ccc(OCC(CCCCCCCCCC)CCCCCCCCCCCC)cc5)s4)sc32)c2sc(-c3ccc(C)s3)cc12. The summed E-state index contributed by atoms with van der Waals surface area (Å²) >= 11 is 7.72. The summed E-state index contributed by atoms with van der Waals surface area (Å²) in [4.78, 5) is 42.8. The summed E-state index contributed by atoms with van der Waals surface area (Å²) in [7, 11) is 0. The molecule has 2 unspecified atom stereocenters. The Kier molecular flexibility index (Phi) is 53.7. The molecule has 0 fully saturated rings. The number of carbonyl (C=O) groups is 2. The van der Waals surface area contributed by atoms with Gasteiger partial charge in [0.1, 0.15) is 11.5 Å². The highest BCUT2D eigenvalue weighted by atomic mass is 32.1. The van der Waals surface area contributed by atoms with Crippen molar-refractivity contribution >= 4 is 93.8 Å². The number of carbonyl (C=O) groups excluding carboxylic acids is 2. The van der Waals surface area contributed by atoms with Crippen molar-refractivity contribution in [3.05, 3.63) is 146 Å². The number of amides is 2. The number of unbranched alkanes of at least 4 members (excludes halogenated alkanes) is 52. The van der Waals surface area contributed by atoms with Crippen molar-refractivity contribution in [2.75, 3.05) is 26.3 Å². The minimum absolute atomic E-state index is 0.0184. The molecule has 132 heavy (non-hydrogen) atoms. The first-order chi connectivity index (χ1) is 65.0. The molecular formula is C122H186N2O4S4. The van der Waals surface area contributed by atoms with E-state index < -0.39 is 0 Å². The summed E-state index contributed by atoms with van der Waals surface area (Å²) in [6.45, 7) is 20.9. The number of aryl methyl sites for hydroxylation is 5. The number of hydrogen-bond donors (Lipinski definition) is 0. The third kappa shape index (κ3) is 37.7. The fourth-order valence-electron chi connectivity index (χ4n) is 21.2. The Morgan fingerprint density at radius 1 is 0.265 bits per heavy atom. The number of ether oxygens (including phenoxy) is 2. The molecule has 2 aliphatic rings. The van der Waals surface area contributed by atoms with Gasteiger partial charge in [-0.3, -0.25) is 9.59 Å². The van der Waals surface area contributed by atoms with Crippen molar-refractivity contribution in [1.29, 1.82) is 0 Å². The van der Waals surface area contributed by atoms with Crippen LogP contribution in [0, 0.1) is 18.8 Å². The normalized spacial score (nSPS) is 13.5. The molecular weight excluding hydrogens is 1690 g/mol. The van der Waals surface area contributed by atoms with Crippen LogP contribution >= 0.6 is 45.3 Å². The lowest BCUT2D eigenvalue weighted by Gasteiger charge is -2.23. The zero-order chi connectivity index (χ0) is 92.6. The van der Waals surface area contributed by atoms with Crippen LogP contribution in [0.4, 0.5) is 0 Å². The molecule has 8 aromatic rings. The summed E-state index contributed by atoms with van der Waals surface area (Å²) in [5.41, 5.74) is 8.43. The maximum absolute atomic E-state index is 15.6. The van der Waals surface area contributed by atoms with Gasteiger partial charge in [0.15, 0.2) is 0 Å². The van der Waals surface area contributed by atoms with E-state index in [0.717, 1.165) is 92.4 Å². The minimum Gasteiger partial charge on any atom is -0.493 e. The van der Waals surface area contributed by atoms with E-state index in [0.29, 0.717) is 36.1 Å². The predicted octanol–water partition coefficient (Wildman–Crippen LogP) is 40.4. The molecule has 0 saturated heterocycles. The molecule has 0 radical (unpaired) electrons. The average molecular weight is 1870 g/mol. The number of nitrogens with zero attached hydrogens (tertiary/aromatic N) is 2. The third-order valence-electron chi connectivity index (χ3n) is 29.6. The van der Waals surface area contributed by atoms with Gasteiger partial charge in [-0.1, -0.05) is 413 Å². The molecule has 0 aliphatic carbocycles. The Morgan fingerprint density at radius 2 is 0.561 bits per heavy atom. The zero-order valence-corrected chi connectivity index (χ0v) is 88.7. The smallest absolute Gasteiger partial charge is 0.261 e. The molecule has 0 saturated carbocycles. The van der Waals surface area contributed by atoms with Crippen molar-refractivity contribution in [2.24, 2.45) is 11.8 Å². The highest BCUT2D eigenvalue weighted by Gasteiger charge is 2.47. The minimum atomic E-state index is -0.0184. The second kappa shape index (κ2) is 65.4. The number of rotatable bonds is 81. The van der Waals surface area contributed by atoms with E-state index in [1.165, 1.54) is 463 Å². The first-order valence-corrected chi connectivity index (χ1v) is 59.4. The van der Waals surface area contributed by atoms with E-state index in [4.69, 9.17) is 9.47 Å². The lowest BCUT2D eigenvalue weighted by atomic mass is 9.94. The van der Waals surface area contributed by atoms with Crippen LogP contribution in [0.3, 0.4) is 0 Å². The fraction of sp³-hybridized carbons (Fsp3) is 0.672. The average Bonchev–Trinajstić information content (AvgIpc) is 1.56. The van der Waals surface area contributed by atoms with Crippen LogP contribution in [0.15, 0.2) is 114 Å². The molecule has 10 heteroatoms. The molecule has 2 aliphatic heterocycles. The van der Waals surface area contributed by atoms with Crippen molar-refractivity contribution in [3.63, 3.8) is 0 Å². The largest absolute Gasteiger partial charge is 0.493 e. The molecule has 6 nitrogen and oxygen atoms in total. The number of benzene rings is 4. The highest BCUT2D eigenvalue weighted by molar-refractivity contribution is 7.28. The van der Waals surface area contributed by atoms with Gasteiger partial charge in [0.25, 0.3) is 11.8 Å². The molecule has 4 aromatic carbocycles. The van der Waals surface area contributed by atoms with E-state index in [1.54, 1.807) is 11.3 Å². The van der Waals surface area contributed by atoms with Gasteiger partial charge < -0.3 is 19.3 Å². The number of hydrogen-bond acceptors (Lipinski definition) is 8. The van der Waals surface area contributed by atoms with Crippen LogP contribution in [-0.2, 0) is 35.3 Å². The van der Waals surface area contributed by atoms with Gasteiger partial charge >= 0.3 is 0 Å². The lowest BCUT2D eigenvalue weighted by Crippen LogP contribution is -2.30. The van der Waals surface area contributed by atoms with Crippen LogP contribution in [0.5, 0.6) is 11.5 Å². The summed E-state index contributed by atoms with van der Waals surface area (Å²) in [5, 5.41) is 5.69. The van der Waals surface area contributed by atoms with Crippen LogP contribution < -0.4 is 9.47 Å². The van der Waals surface area contributed by atoms with E-state index >= 15 is 9.59 Å². The second-order valence-corrected chi connectivity index (χ2v) is 45.4. The number of fused-ring (bicyclic) bond motifs is 6. The van der Waals surface area contributed by atoms with Gasteiger partial charge in [0, 0.05) is 63.3 Å². The maximum Gasteiger partial charge on any atom is 0.261 e. The second-order valence-electron chi connectivity index (χ2n) is 40.9. The van der Waals surface area contributed by atoms with Gasteiger partial charge in [0.2, 0.25) is 0 Å². The maximum atomic E-state index is 15.6. The van der Waals surface area contributed by atoms with E-state index in [9.17, 15) is 0 Å². The molecule has 0 spiro atoms. The topological polar surface area (TPSA) is 59.1 Å². The predicted molar refractivity (Wildman–Crippen MR) is 584 cm³/mol. The molecule has 6 heterocycles. The van der Waals surface area contributed by atoms with Crippen molar-refractivity contribution < 1.29 is 19.1 Å². The Labute approximate surface area is 823 Å². The molecule has 2 amide bonds. The van der Waals surface area contributed by atoms with Gasteiger partial charge in [-0.15, -0.1) is 45.3 Å². The summed E-state index contributed by atoms with van der Waals surface area (Å²) in [6, 6.07) is 37.5. The quantitative estimate of drug-likeness (QED) is 0.0357. The van der Waals surface area contributed by atoms with Gasteiger partial charge in [0.05, 0.1) is 34.9 Å².